The number of rotatable bonds is 4. The number of benzene rings is 1. The van der Waals surface area contributed by atoms with Crippen LogP contribution in [0.15, 0.2) is 30.6 Å². The van der Waals surface area contributed by atoms with Gasteiger partial charge in [0.25, 0.3) is 0 Å². The molecule has 0 aliphatic rings. The van der Waals surface area contributed by atoms with Crippen molar-refractivity contribution in [3.05, 3.63) is 47.5 Å². The molecule has 17 heavy (non-hydrogen) atoms. The molecule has 86 valence electrons. The summed E-state index contributed by atoms with van der Waals surface area (Å²) in [6, 6.07) is 9.73. The molecule has 0 amide bonds. The zero-order chi connectivity index (χ0) is 12.1. The summed E-state index contributed by atoms with van der Waals surface area (Å²) in [5, 5.41) is 18.6. The average Bonchev–Trinajstić information content (AvgIpc) is 2.90. The van der Waals surface area contributed by atoms with Crippen molar-refractivity contribution in [1.29, 1.82) is 5.26 Å². The molecule has 2 rings (SSSR count). The molecule has 5 heteroatoms. The number of nitriles is 1. The SMILES string of the molecule is CC(NCc1ccc(C#N)cc1)c1ncn[nH]1. The predicted molar refractivity (Wildman–Crippen MR) is 62.8 cm³/mol. The first-order valence-electron chi connectivity index (χ1n) is 5.37. The van der Waals surface area contributed by atoms with Gasteiger partial charge in [0, 0.05) is 6.54 Å². The molecular weight excluding hydrogens is 214 g/mol. The van der Waals surface area contributed by atoms with Crippen LogP contribution in [-0.4, -0.2) is 15.2 Å². The van der Waals surface area contributed by atoms with E-state index in [1.54, 1.807) is 0 Å². The molecule has 1 aromatic heterocycles. The summed E-state index contributed by atoms with van der Waals surface area (Å²) >= 11 is 0. The van der Waals surface area contributed by atoms with Gasteiger partial charge in [-0.2, -0.15) is 10.4 Å². The van der Waals surface area contributed by atoms with Crippen LogP contribution in [-0.2, 0) is 6.54 Å². The lowest BCUT2D eigenvalue weighted by Gasteiger charge is -2.10. The fourth-order valence-electron chi connectivity index (χ4n) is 1.49. The fourth-order valence-corrected chi connectivity index (χ4v) is 1.49. The molecule has 2 aromatic rings. The third-order valence-corrected chi connectivity index (χ3v) is 2.54. The summed E-state index contributed by atoms with van der Waals surface area (Å²) in [6.07, 6.45) is 1.50. The van der Waals surface area contributed by atoms with E-state index in [-0.39, 0.29) is 6.04 Å². The average molecular weight is 227 g/mol. The van der Waals surface area contributed by atoms with Gasteiger partial charge in [0.05, 0.1) is 17.7 Å². The van der Waals surface area contributed by atoms with Crippen LogP contribution >= 0.6 is 0 Å². The minimum atomic E-state index is 0.119. The Kier molecular flexibility index (Phi) is 3.48. The standard InChI is InChI=1S/C12H13N5/c1-9(12-15-8-16-17-12)14-7-11-4-2-10(6-13)3-5-11/h2-5,8-9,14H,7H2,1H3,(H,15,16,17). The second-order valence-electron chi connectivity index (χ2n) is 3.78. The first-order valence-corrected chi connectivity index (χ1v) is 5.37. The summed E-state index contributed by atoms with van der Waals surface area (Å²) in [7, 11) is 0. The highest BCUT2D eigenvalue weighted by Crippen LogP contribution is 2.07. The van der Waals surface area contributed by atoms with Crippen LogP contribution in [0.5, 0.6) is 0 Å². The highest BCUT2D eigenvalue weighted by molar-refractivity contribution is 5.31. The first kappa shape index (κ1) is 11.3. The normalized spacial score (nSPS) is 12.0. The van der Waals surface area contributed by atoms with Crippen LogP contribution in [0.4, 0.5) is 0 Å². The number of H-pyrrole nitrogens is 1. The number of nitrogens with one attached hydrogen (secondary N) is 2. The van der Waals surface area contributed by atoms with E-state index < -0.39 is 0 Å². The molecule has 5 nitrogen and oxygen atoms in total. The summed E-state index contributed by atoms with van der Waals surface area (Å²) in [5.74, 6) is 0.818. The Morgan fingerprint density at radius 3 is 2.76 bits per heavy atom. The van der Waals surface area contributed by atoms with Gasteiger partial charge in [-0.1, -0.05) is 12.1 Å². The Morgan fingerprint density at radius 1 is 1.41 bits per heavy atom. The van der Waals surface area contributed by atoms with E-state index in [0.717, 1.165) is 17.9 Å². The summed E-state index contributed by atoms with van der Waals surface area (Å²) in [6.45, 7) is 2.75. The van der Waals surface area contributed by atoms with Crippen LogP contribution in [0, 0.1) is 11.3 Å². The van der Waals surface area contributed by atoms with Gasteiger partial charge < -0.3 is 5.32 Å². The topological polar surface area (TPSA) is 77.4 Å². The van der Waals surface area contributed by atoms with Crippen LogP contribution in [0.2, 0.25) is 0 Å². The lowest BCUT2D eigenvalue weighted by Crippen LogP contribution is -2.19. The summed E-state index contributed by atoms with van der Waals surface area (Å²) in [4.78, 5) is 4.08. The molecule has 0 aliphatic heterocycles. The van der Waals surface area contributed by atoms with Gasteiger partial charge in [-0.3, -0.25) is 5.10 Å². The fraction of sp³-hybridized carbons (Fsp3) is 0.250. The lowest BCUT2D eigenvalue weighted by atomic mass is 10.1. The largest absolute Gasteiger partial charge is 0.303 e. The molecule has 1 unspecified atom stereocenters. The van der Waals surface area contributed by atoms with Gasteiger partial charge in [0.15, 0.2) is 0 Å². The molecule has 0 fully saturated rings. The van der Waals surface area contributed by atoms with E-state index in [2.05, 4.69) is 26.6 Å². The van der Waals surface area contributed by atoms with E-state index in [9.17, 15) is 0 Å². The molecule has 0 saturated carbocycles. The van der Waals surface area contributed by atoms with E-state index in [4.69, 9.17) is 5.26 Å². The maximum atomic E-state index is 8.69. The molecule has 0 aliphatic carbocycles. The Labute approximate surface area is 99.5 Å². The first-order chi connectivity index (χ1) is 8.29. The van der Waals surface area contributed by atoms with Gasteiger partial charge in [0.1, 0.15) is 12.2 Å². The zero-order valence-corrected chi connectivity index (χ0v) is 9.51. The van der Waals surface area contributed by atoms with Gasteiger partial charge in [-0.25, -0.2) is 4.98 Å². The van der Waals surface area contributed by atoms with Gasteiger partial charge in [0.2, 0.25) is 0 Å². The highest BCUT2D eigenvalue weighted by Gasteiger charge is 2.06. The minimum Gasteiger partial charge on any atom is -0.303 e. The monoisotopic (exact) mass is 227 g/mol. The maximum Gasteiger partial charge on any atom is 0.141 e. The third kappa shape index (κ3) is 2.89. The number of hydrogen-bond acceptors (Lipinski definition) is 4. The molecule has 0 spiro atoms. The Balaban J connectivity index is 1.91. The van der Waals surface area contributed by atoms with E-state index >= 15 is 0 Å². The van der Waals surface area contributed by atoms with Crippen molar-refractivity contribution in [1.82, 2.24) is 20.5 Å². The number of aromatic nitrogens is 3. The zero-order valence-electron chi connectivity index (χ0n) is 9.51. The minimum absolute atomic E-state index is 0.119. The van der Waals surface area contributed by atoms with Crippen LogP contribution in [0.3, 0.4) is 0 Å². The van der Waals surface area contributed by atoms with Crippen LogP contribution in [0.1, 0.15) is 29.9 Å². The van der Waals surface area contributed by atoms with Gasteiger partial charge in [-0.05, 0) is 24.6 Å². The van der Waals surface area contributed by atoms with Crippen molar-refractivity contribution < 1.29 is 0 Å². The Hall–Kier alpha value is -2.19. The lowest BCUT2D eigenvalue weighted by molar-refractivity contribution is 0.548. The number of hydrogen-bond donors (Lipinski definition) is 2. The van der Waals surface area contributed by atoms with Gasteiger partial charge in [-0.15, -0.1) is 0 Å². The Morgan fingerprint density at radius 2 is 2.18 bits per heavy atom. The van der Waals surface area contributed by atoms with Crippen molar-refractivity contribution in [2.24, 2.45) is 0 Å². The van der Waals surface area contributed by atoms with Crippen molar-refractivity contribution in [3.8, 4) is 6.07 Å². The van der Waals surface area contributed by atoms with E-state index in [0.29, 0.717) is 5.56 Å². The van der Waals surface area contributed by atoms with Crippen molar-refractivity contribution >= 4 is 0 Å². The molecule has 0 bridgehead atoms. The number of aromatic amines is 1. The van der Waals surface area contributed by atoms with E-state index in [1.165, 1.54) is 6.33 Å². The van der Waals surface area contributed by atoms with Crippen molar-refractivity contribution in [3.63, 3.8) is 0 Å². The van der Waals surface area contributed by atoms with Crippen molar-refractivity contribution in [2.45, 2.75) is 19.5 Å². The molecule has 1 atom stereocenters. The van der Waals surface area contributed by atoms with Gasteiger partial charge >= 0.3 is 0 Å². The van der Waals surface area contributed by atoms with Crippen LogP contribution < -0.4 is 5.32 Å². The summed E-state index contributed by atoms with van der Waals surface area (Å²) < 4.78 is 0. The molecule has 0 saturated heterocycles. The Bertz CT molecular complexity index is 495. The quantitative estimate of drug-likeness (QED) is 0.830. The smallest absolute Gasteiger partial charge is 0.141 e. The van der Waals surface area contributed by atoms with Crippen molar-refractivity contribution in [2.75, 3.05) is 0 Å². The molecular formula is C12H13N5. The second kappa shape index (κ2) is 5.23. The summed E-state index contributed by atoms with van der Waals surface area (Å²) in [5.41, 5.74) is 1.81. The number of nitrogens with zero attached hydrogens (tertiary/aromatic N) is 3. The predicted octanol–water partition coefficient (Wildman–Crippen LogP) is 1.53. The van der Waals surface area contributed by atoms with E-state index in [1.807, 2.05) is 31.2 Å². The third-order valence-electron chi connectivity index (χ3n) is 2.54. The molecule has 1 heterocycles. The molecule has 0 radical (unpaired) electrons. The van der Waals surface area contributed by atoms with Crippen LogP contribution in [0.25, 0.3) is 0 Å². The molecule has 1 aromatic carbocycles. The molecule has 2 N–H and O–H groups in total. The maximum absolute atomic E-state index is 8.69. The highest BCUT2D eigenvalue weighted by atomic mass is 15.2. The second-order valence-corrected chi connectivity index (χ2v) is 3.78.